The molecule has 17 heavy (non-hydrogen) atoms. The Morgan fingerprint density at radius 3 is 2.82 bits per heavy atom. The molecule has 0 aliphatic rings. The third-order valence-corrected chi connectivity index (χ3v) is 3.51. The highest BCUT2D eigenvalue weighted by molar-refractivity contribution is 7.09. The van der Waals surface area contributed by atoms with Crippen LogP contribution in [-0.4, -0.2) is 21.9 Å². The Kier molecular flexibility index (Phi) is 4.06. The van der Waals surface area contributed by atoms with E-state index >= 15 is 0 Å². The lowest BCUT2D eigenvalue weighted by atomic mass is 9.91. The van der Waals surface area contributed by atoms with Crippen molar-refractivity contribution in [3.8, 4) is 0 Å². The fraction of sp³-hybridized carbons (Fsp3) is 0.500. The number of oxime groups is 1. The molecular formula is C10H16N4O2S. The molecule has 0 bridgehead atoms. The first-order valence-electron chi connectivity index (χ1n) is 5.05. The maximum Gasteiger partial charge on any atom is 0.233 e. The Balaban J connectivity index is 2.65. The van der Waals surface area contributed by atoms with Gasteiger partial charge in [-0.3, -0.25) is 4.79 Å². The van der Waals surface area contributed by atoms with Gasteiger partial charge in [0.25, 0.3) is 0 Å². The zero-order chi connectivity index (χ0) is 13.1. The van der Waals surface area contributed by atoms with Crippen molar-refractivity contribution in [3.05, 3.63) is 16.1 Å². The Hall–Kier alpha value is -1.63. The van der Waals surface area contributed by atoms with Crippen molar-refractivity contribution in [1.82, 2.24) is 10.3 Å². The second kappa shape index (κ2) is 5.13. The Bertz CT molecular complexity index is 439. The number of rotatable bonds is 4. The number of nitrogens with zero attached hydrogens (tertiary/aromatic N) is 2. The largest absolute Gasteiger partial charge is 0.409 e. The summed E-state index contributed by atoms with van der Waals surface area (Å²) in [6, 6.07) is 0. The number of aromatic nitrogens is 1. The van der Waals surface area contributed by atoms with E-state index in [1.807, 2.05) is 6.92 Å². The summed E-state index contributed by atoms with van der Waals surface area (Å²) in [7, 11) is 0. The highest BCUT2D eigenvalue weighted by Gasteiger charge is 2.32. The highest BCUT2D eigenvalue weighted by Crippen LogP contribution is 2.17. The summed E-state index contributed by atoms with van der Waals surface area (Å²) in [5, 5.41) is 14.2. The van der Waals surface area contributed by atoms with Crippen LogP contribution in [0.3, 0.4) is 0 Å². The predicted octanol–water partition coefficient (Wildman–Crippen LogP) is 0.840. The summed E-state index contributed by atoms with van der Waals surface area (Å²) in [5.41, 5.74) is 7.05. The van der Waals surface area contributed by atoms with Gasteiger partial charge in [0.05, 0.1) is 17.7 Å². The number of thiazole rings is 1. The minimum atomic E-state index is -1.03. The van der Waals surface area contributed by atoms with Crippen molar-refractivity contribution in [2.24, 2.45) is 16.3 Å². The number of amides is 1. The van der Waals surface area contributed by atoms with E-state index in [2.05, 4.69) is 15.5 Å². The molecule has 0 saturated heterocycles. The first kappa shape index (κ1) is 13.4. The Morgan fingerprint density at radius 2 is 2.35 bits per heavy atom. The van der Waals surface area contributed by atoms with E-state index in [-0.39, 0.29) is 11.7 Å². The Labute approximate surface area is 104 Å². The molecule has 1 amide bonds. The molecule has 0 aromatic carbocycles. The van der Waals surface area contributed by atoms with Crippen LogP contribution in [0.25, 0.3) is 0 Å². The molecule has 0 saturated carbocycles. The first-order valence-corrected chi connectivity index (χ1v) is 5.92. The maximum atomic E-state index is 11.9. The van der Waals surface area contributed by atoms with Crippen molar-refractivity contribution in [2.75, 3.05) is 0 Å². The molecule has 0 spiro atoms. The topological polar surface area (TPSA) is 101 Å². The fourth-order valence-electron chi connectivity index (χ4n) is 1.12. The monoisotopic (exact) mass is 256 g/mol. The van der Waals surface area contributed by atoms with Crippen LogP contribution >= 0.6 is 11.3 Å². The molecule has 0 atom stereocenters. The third-order valence-electron chi connectivity index (χ3n) is 2.57. The molecule has 94 valence electrons. The molecule has 0 aliphatic heterocycles. The number of nitrogens with one attached hydrogen (secondary N) is 1. The highest BCUT2D eigenvalue weighted by atomic mass is 32.1. The standard InChI is InChI=1S/C10H16N4O2S/c1-6-7(17-5-13-6)4-12-9(15)10(2,3)8(11)14-16/h5,16H,4H2,1-3H3,(H2,11,14)(H,12,15). The van der Waals surface area contributed by atoms with Crippen LogP contribution in [-0.2, 0) is 11.3 Å². The molecule has 4 N–H and O–H groups in total. The van der Waals surface area contributed by atoms with Gasteiger partial charge in [0.1, 0.15) is 5.41 Å². The maximum absolute atomic E-state index is 11.9. The fourth-order valence-corrected chi connectivity index (χ4v) is 1.84. The van der Waals surface area contributed by atoms with E-state index in [1.165, 1.54) is 11.3 Å². The van der Waals surface area contributed by atoms with Gasteiger partial charge in [0, 0.05) is 4.88 Å². The number of aryl methyl sites for hydroxylation is 1. The molecule has 1 aromatic rings. The van der Waals surface area contributed by atoms with Gasteiger partial charge in [-0.25, -0.2) is 4.98 Å². The van der Waals surface area contributed by atoms with Crippen molar-refractivity contribution >= 4 is 23.1 Å². The van der Waals surface area contributed by atoms with Crippen LogP contribution in [0.15, 0.2) is 10.7 Å². The second-order valence-electron chi connectivity index (χ2n) is 4.15. The van der Waals surface area contributed by atoms with Crippen molar-refractivity contribution in [3.63, 3.8) is 0 Å². The lowest BCUT2D eigenvalue weighted by molar-refractivity contribution is -0.126. The number of hydrogen-bond acceptors (Lipinski definition) is 5. The van der Waals surface area contributed by atoms with Gasteiger partial charge >= 0.3 is 0 Å². The van der Waals surface area contributed by atoms with E-state index in [0.717, 1.165) is 10.6 Å². The van der Waals surface area contributed by atoms with Crippen LogP contribution in [0, 0.1) is 12.3 Å². The van der Waals surface area contributed by atoms with Crippen molar-refractivity contribution in [2.45, 2.75) is 27.3 Å². The van der Waals surface area contributed by atoms with E-state index in [1.54, 1.807) is 19.4 Å². The number of carbonyl (C=O) groups excluding carboxylic acids is 1. The minimum absolute atomic E-state index is 0.115. The zero-order valence-corrected chi connectivity index (χ0v) is 10.8. The van der Waals surface area contributed by atoms with E-state index < -0.39 is 5.41 Å². The lowest BCUT2D eigenvalue weighted by Crippen LogP contribution is -2.45. The normalized spacial score (nSPS) is 12.5. The molecule has 0 radical (unpaired) electrons. The summed E-state index contributed by atoms with van der Waals surface area (Å²) in [5.74, 6) is -0.406. The van der Waals surface area contributed by atoms with Gasteiger partial charge in [-0.05, 0) is 20.8 Å². The van der Waals surface area contributed by atoms with Crippen LogP contribution in [0.2, 0.25) is 0 Å². The molecule has 1 rings (SSSR count). The number of nitrogens with two attached hydrogens (primary N) is 1. The summed E-state index contributed by atoms with van der Waals surface area (Å²) >= 11 is 1.48. The average molecular weight is 256 g/mol. The summed E-state index contributed by atoms with van der Waals surface area (Å²) in [4.78, 5) is 17.0. The molecule has 0 fully saturated rings. The van der Waals surface area contributed by atoms with Crippen LogP contribution in [0.5, 0.6) is 0 Å². The third kappa shape index (κ3) is 2.94. The summed E-state index contributed by atoms with van der Waals surface area (Å²) in [6.45, 7) is 5.47. The van der Waals surface area contributed by atoms with Crippen LogP contribution in [0.1, 0.15) is 24.4 Å². The number of amidine groups is 1. The van der Waals surface area contributed by atoms with Gasteiger partial charge < -0.3 is 16.3 Å². The van der Waals surface area contributed by atoms with E-state index in [9.17, 15) is 4.79 Å². The van der Waals surface area contributed by atoms with Gasteiger partial charge in [-0.15, -0.1) is 11.3 Å². The van der Waals surface area contributed by atoms with Crippen molar-refractivity contribution < 1.29 is 10.0 Å². The number of hydrogen-bond donors (Lipinski definition) is 3. The molecule has 0 unspecified atom stereocenters. The SMILES string of the molecule is Cc1ncsc1CNC(=O)C(C)(C)C(N)=NO. The van der Waals surface area contributed by atoms with E-state index in [0.29, 0.717) is 6.54 Å². The summed E-state index contributed by atoms with van der Waals surface area (Å²) in [6.07, 6.45) is 0. The van der Waals surface area contributed by atoms with Crippen LogP contribution < -0.4 is 11.1 Å². The summed E-state index contributed by atoms with van der Waals surface area (Å²) < 4.78 is 0. The molecule has 7 heteroatoms. The first-order chi connectivity index (χ1) is 7.89. The molecule has 0 aliphatic carbocycles. The molecule has 1 heterocycles. The molecule has 1 aromatic heterocycles. The van der Waals surface area contributed by atoms with Gasteiger partial charge in [0.2, 0.25) is 5.91 Å². The van der Waals surface area contributed by atoms with Crippen LogP contribution in [0.4, 0.5) is 0 Å². The zero-order valence-electron chi connectivity index (χ0n) is 10.0. The molecule has 6 nitrogen and oxygen atoms in total. The van der Waals surface area contributed by atoms with Crippen molar-refractivity contribution in [1.29, 1.82) is 0 Å². The van der Waals surface area contributed by atoms with Gasteiger partial charge in [-0.1, -0.05) is 5.16 Å². The van der Waals surface area contributed by atoms with Gasteiger partial charge in [-0.2, -0.15) is 0 Å². The van der Waals surface area contributed by atoms with Gasteiger partial charge in [0.15, 0.2) is 5.84 Å². The quantitative estimate of drug-likeness (QED) is 0.321. The minimum Gasteiger partial charge on any atom is -0.409 e. The lowest BCUT2D eigenvalue weighted by Gasteiger charge is -2.21. The van der Waals surface area contributed by atoms with E-state index in [4.69, 9.17) is 10.9 Å². The predicted molar refractivity (Wildman–Crippen MR) is 65.9 cm³/mol. The smallest absolute Gasteiger partial charge is 0.233 e. The second-order valence-corrected chi connectivity index (χ2v) is 5.09. The number of carbonyl (C=O) groups is 1. The molecular weight excluding hydrogens is 240 g/mol. The Morgan fingerprint density at radius 1 is 1.71 bits per heavy atom. The average Bonchev–Trinajstić information content (AvgIpc) is 2.70.